The molecule has 0 aliphatic rings. The number of methoxy groups -OCH3 is 1. The van der Waals surface area contributed by atoms with Gasteiger partial charge in [-0.3, -0.25) is 4.79 Å². The molecule has 1 N–H and O–H groups in total. The number of hydrogen-bond acceptors (Lipinski definition) is 4. The number of halogens is 1. The molecular formula is C19H16FN3O2. The van der Waals surface area contributed by atoms with Crippen LogP contribution in [0.25, 0.3) is 11.3 Å². The molecular weight excluding hydrogens is 321 g/mol. The van der Waals surface area contributed by atoms with Gasteiger partial charge in [-0.1, -0.05) is 30.3 Å². The Balaban J connectivity index is 1.65. The van der Waals surface area contributed by atoms with E-state index in [0.29, 0.717) is 22.8 Å². The molecule has 0 saturated heterocycles. The van der Waals surface area contributed by atoms with Gasteiger partial charge in [0.25, 0.3) is 0 Å². The normalized spacial score (nSPS) is 10.3. The number of aromatic nitrogens is 2. The number of nitrogens with one attached hydrogen (secondary N) is 1. The lowest BCUT2D eigenvalue weighted by Crippen LogP contribution is -2.15. The topological polar surface area (TPSA) is 64.1 Å². The van der Waals surface area contributed by atoms with Crippen molar-refractivity contribution in [2.24, 2.45) is 0 Å². The third kappa shape index (κ3) is 4.17. The maximum atomic E-state index is 13.6. The van der Waals surface area contributed by atoms with Crippen molar-refractivity contribution in [3.8, 4) is 17.1 Å². The lowest BCUT2D eigenvalue weighted by atomic mass is 10.1. The molecule has 5 nitrogen and oxygen atoms in total. The Morgan fingerprint density at radius 1 is 1.04 bits per heavy atom. The molecule has 126 valence electrons. The Bertz CT molecular complexity index is 865. The highest BCUT2D eigenvalue weighted by Gasteiger charge is 2.08. The van der Waals surface area contributed by atoms with Crippen LogP contribution in [0.5, 0.6) is 5.88 Å². The summed E-state index contributed by atoms with van der Waals surface area (Å²) in [5.41, 5.74) is 2.56. The minimum Gasteiger partial charge on any atom is -0.480 e. The fourth-order valence-corrected chi connectivity index (χ4v) is 2.33. The van der Waals surface area contributed by atoms with Crippen molar-refractivity contribution in [3.63, 3.8) is 0 Å². The number of hydrogen-bond donors (Lipinski definition) is 1. The van der Waals surface area contributed by atoms with E-state index in [-0.39, 0.29) is 18.1 Å². The van der Waals surface area contributed by atoms with Gasteiger partial charge < -0.3 is 10.1 Å². The first-order chi connectivity index (χ1) is 12.2. The van der Waals surface area contributed by atoms with Crippen LogP contribution in [0.3, 0.4) is 0 Å². The minimum atomic E-state index is -0.383. The Hall–Kier alpha value is -3.28. The summed E-state index contributed by atoms with van der Waals surface area (Å²) in [7, 11) is 1.53. The molecule has 0 saturated carbocycles. The van der Waals surface area contributed by atoms with Crippen LogP contribution in [-0.4, -0.2) is 23.2 Å². The summed E-state index contributed by atoms with van der Waals surface area (Å²) >= 11 is 0. The van der Waals surface area contributed by atoms with Crippen molar-refractivity contribution in [3.05, 3.63) is 72.0 Å². The van der Waals surface area contributed by atoms with Crippen molar-refractivity contribution in [2.45, 2.75) is 6.42 Å². The van der Waals surface area contributed by atoms with E-state index in [4.69, 9.17) is 4.74 Å². The van der Waals surface area contributed by atoms with Crippen molar-refractivity contribution < 1.29 is 13.9 Å². The van der Waals surface area contributed by atoms with E-state index >= 15 is 0 Å². The van der Waals surface area contributed by atoms with Gasteiger partial charge in [-0.2, -0.15) is 0 Å². The van der Waals surface area contributed by atoms with Crippen LogP contribution in [0.4, 0.5) is 10.1 Å². The van der Waals surface area contributed by atoms with E-state index < -0.39 is 0 Å². The molecule has 0 spiro atoms. The Labute approximate surface area is 144 Å². The van der Waals surface area contributed by atoms with E-state index in [9.17, 15) is 9.18 Å². The number of amides is 1. The summed E-state index contributed by atoms with van der Waals surface area (Å²) in [5.74, 6) is -0.214. The van der Waals surface area contributed by atoms with Crippen LogP contribution in [0.2, 0.25) is 0 Å². The van der Waals surface area contributed by atoms with E-state index in [1.54, 1.807) is 42.5 Å². The number of rotatable bonds is 5. The molecule has 0 atom stereocenters. The van der Waals surface area contributed by atoms with Gasteiger partial charge in [-0.15, -0.1) is 10.2 Å². The zero-order valence-corrected chi connectivity index (χ0v) is 13.6. The fourth-order valence-electron chi connectivity index (χ4n) is 2.33. The zero-order chi connectivity index (χ0) is 17.6. The zero-order valence-electron chi connectivity index (χ0n) is 13.6. The first kappa shape index (κ1) is 16.6. The summed E-state index contributed by atoms with van der Waals surface area (Å²) in [6.45, 7) is 0. The lowest BCUT2D eigenvalue weighted by molar-refractivity contribution is -0.115. The molecule has 0 radical (unpaired) electrons. The molecule has 3 aromatic rings. The predicted octanol–water partition coefficient (Wildman–Crippen LogP) is 3.47. The highest BCUT2D eigenvalue weighted by molar-refractivity contribution is 5.92. The quantitative estimate of drug-likeness (QED) is 0.774. The monoisotopic (exact) mass is 337 g/mol. The third-order valence-corrected chi connectivity index (χ3v) is 3.62. The summed E-state index contributed by atoms with van der Waals surface area (Å²) < 4.78 is 18.6. The molecule has 0 fully saturated rings. The van der Waals surface area contributed by atoms with E-state index in [2.05, 4.69) is 15.5 Å². The second-order valence-corrected chi connectivity index (χ2v) is 5.35. The van der Waals surface area contributed by atoms with Crippen molar-refractivity contribution >= 4 is 11.6 Å². The molecule has 1 aromatic heterocycles. The summed E-state index contributed by atoms with van der Waals surface area (Å²) in [5, 5.41) is 10.7. The maximum Gasteiger partial charge on any atom is 0.233 e. The predicted molar refractivity (Wildman–Crippen MR) is 92.8 cm³/mol. The third-order valence-electron chi connectivity index (χ3n) is 3.62. The minimum absolute atomic E-state index is 0.0155. The van der Waals surface area contributed by atoms with E-state index in [0.717, 1.165) is 5.56 Å². The largest absolute Gasteiger partial charge is 0.480 e. The van der Waals surface area contributed by atoms with Crippen molar-refractivity contribution in [1.29, 1.82) is 0 Å². The van der Waals surface area contributed by atoms with Crippen LogP contribution < -0.4 is 10.1 Å². The number of nitrogens with zero attached hydrogens (tertiary/aromatic N) is 2. The number of benzene rings is 2. The Kier molecular flexibility index (Phi) is 4.99. The number of carbonyl (C=O) groups is 1. The van der Waals surface area contributed by atoms with Crippen LogP contribution in [-0.2, 0) is 11.2 Å². The molecule has 0 bridgehead atoms. The van der Waals surface area contributed by atoms with E-state index in [1.807, 2.05) is 12.1 Å². The fraction of sp³-hybridized carbons (Fsp3) is 0.105. The molecule has 1 heterocycles. The van der Waals surface area contributed by atoms with Gasteiger partial charge in [0, 0.05) is 17.3 Å². The molecule has 2 aromatic carbocycles. The molecule has 3 rings (SSSR count). The first-order valence-electron chi connectivity index (χ1n) is 7.67. The van der Waals surface area contributed by atoms with Gasteiger partial charge in [-0.25, -0.2) is 4.39 Å². The van der Waals surface area contributed by atoms with Crippen LogP contribution in [0, 0.1) is 5.82 Å². The van der Waals surface area contributed by atoms with Gasteiger partial charge in [0.05, 0.1) is 19.2 Å². The molecule has 0 unspecified atom stereocenters. The summed E-state index contributed by atoms with van der Waals surface area (Å²) in [4.78, 5) is 12.0. The lowest BCUT2D eigenvalue weighted by Gasteiger charge is -2.07. The molecule has 6 heteroatoms. The maximum absolute atomic E-state index is 13.6. The number of carbonyl (C=O) groups excluding carboxylic acids is 1. The van der Waals surface area contributed by atoms with Gasteiger partial charge in [0.1, 0.15) is 5.82 Å². The molecule has 0 aliphatic heterocycles. The average molecular weight is 337 g/mol. The smallest absolute Gasteiger partial charge is 0.233 e. The van der Waals surface area contributed by atoms with Gasteiger partial charge in [0.2, 0.25) is 11.8 Å². The highest BCUT2D eigenvalue weighted by Crippen LogP contribution is 2.20. The van der Waals surface area contributed by atoms with Crippen molar-refractivity contribution in [1.82, 2.24) is 10.2 Å². The molecule has 1 amide bonds. The average Bonchev–Trinajstić information content (AvgIpc) is 2.64. The van der Waals surface area contributed by atoms with Crippen LogP contribution in [0.1, 0.15) is 5.56 Å². The van der Waals surface area contributed by atoms with Crippen LogP contribution in [0.15, 0.2) is 60.7 Å². The SMILES string of the molecule is COc1ccc(-c2ccc(NC(=O)Cc3ccccc3F)cc2)nn1. The second-order valence-electron chi connectivity index (χ2n) is 5.35. The second kappa shape index (κ2) is 7.53. The number of ether oxygens (including phenoxy) is 1. The van der Waals surface area contributed by atoms with Gasteiger partial charge >= 0.3 is 0 Å². The molecule has 25 heavy (non-hydrogen) atoms. The summed E-state index contributed by atoms with van der Waals surface area (Å²) in [6, 6.07) is 17.0. The first-order valence-corrected chi connectivity index (χ1v) is 7.67. The van der Waals surface area contributed by atoms with E-state index in [1.165, 1.54) is 13.2 Å². The Morgan fingerprint density at radius 3 is 2.44 bits per heavy atom. The Morgan fingerprint density at radius 2 is 1.80 bits per heavy atom. The van der Waals surface area contributed by atoms with Crippen molar-refractivity contribution in [2.75, 3.05) is 12.4 Å². The highest BCUT2D eigenvalue weighted by atomic mass is 19.1. The van der Waals surface area contributed by atoms with Gasteiger partial charge in [0.15, 0.2) is 0 Å². The molecule has 0 aliphatic carbocycles. The van der Waals surface area contributed by atoms with Gasteiger partial charge in [-0.05, 0) is 29.8 Å². The standard InChI is InChI=1S/C19H16FN3O2/c1-25-19-11-10-17(22-23-19)13-6-8-15(9-7-13)21-18(24)12-14-4-2-3-5-16(14)20/h2-11H,12H2,1H3,(H,21,24). The number of anilines is 1. The summed E-state index contributed by atoms with van der Waals surface area (Å²) in [6.07, 6.45) is -0.0155. The van der Waals surface area contributed by atoms with Crippen LogP contribution >= 0.6 is 0 Å².